The van der Waals surface area contributed by atoms with E-state index < -0.39 is 0 Å². The summed E-state index contributed by atoms with van der Waals surface area (Å²) in [6.45, 7) is 3.74. The van der Waals surface area contributed by atoms with Crippen molar-refractivity contribution < 1.29 is 4.79 Å². The highest BCUT2D eigenvalue weighted by atomic mass is 16.1. The molecule has 1 aliphatic heterocycles. The van der Waals surface area contributed by atoms with Crippen LogP contribution in [0.5, 0.6) is 0 Å². The van der Waals surface area contributed by atoms with Crippen LogP contribution < -0.4 is 15.5 Å². The zero-order valence-electron chi connectivity index (χ0n) is 12.9. The Bertz CT molecular complexity index is 424. The highest BCUT2D eigenvalue weighted by Gasteiger charge is 2.12. The molecule has 0 aliphatic carbocycles. The van der Waals surface area contributed by atoms with Crippen LogP contribution in [-0.4, -0.2) is 44.1 Å². The summed E-state index contributed by atoms with van der Waals surface area (Å²) in [4.78, 5) is 18.7. The van der Waals surface area contributed by atoms with Crippen LogP contribution in [0.1, 0.15) is 42.5 Å². The van der Waals surface area contributed by atoms with Crippen LogP contribution in [0.3, 0.4) is 0 Å². The number of aromatic nitrogens is 1. The van der Waals surface area contributed by atoms with Gasteiger partial charge in [0, 0.05) is 25.8 Å². The second kappa shape index (κ2) is 8.62. The molecule has 1 amide bonds. The third kappa shape index (κ3) is 5.01. The van der Waals surface area contributed by atoms with Gasteiger partial charge in [-0.05, 0) is 45.0 Å². The molecular formula is C16H26N4O. The lowest BCUT2D eigenvalue weighted by atomic mass is 10.2. The van der Waals surface area contributed by atoms with Gasteiger partial charge in [0.25, 0.3) is 5.91 Å². The average Bonchev–Trinajstić information content (AvgIpc) is 2.81. The fourth-order valence-electron chi connectivity index (χ4n) is 2.58. The number of pyridine rings is 1. The Balaban J connectivity index is 1.87. The average molecular weight is 290 g/mol. The summed E-state index contributed by atoms with van der Waals surface area (Å²) < 4.78 is 0. The van der Waals surface area contributed by atoms with Crippen molar-refractivity contribution in [1.29, 1.82) is 0 Å². The lowest BCUT2D eigenvalue weighted by Gasteiger charge is -2.21. The second-order valence-corrected chi connectivity index (χ2v) is 5.52. The van der Waals surface area contributed by atoms with Gasteiger partial charge in [-0.25, -0.2) is 4.98 Å². The topological polar surface area (TPSA) is 57.3 Å². The first-order valence-electron chi connectivity index (χ1n) is 7.95. The van der Waals surface area contributed by atoms with E-state index in [-0.39, 0.29) is 5.91 Å². The lowest BCUT2D eigenvalue weighted by Crippen LogP contribution is -2.27. The van der Waals surface area contributed by atoms with Crippen molar-refractivity contribution in [2.24, 2.45) is 0 Å². The first-order valence-corrected chi connectivity index (χ1v) is 7.95. The minimum atomic E-state index is -0.0407. The maximum atomic E-state index is 12.0. The Labute approximate surface area is 127 Å². The summed E-state index contributed by atoms with van der Waals surface area (Å²) in [5, 5.41) is 5.97. The van der Waals surface area contributed by atoms with Crippen LogP contribution in [-0.2, 0) is 0 Å². The largest absolute Gasteiger partial charge is 0.357 e. The minimum Gasteiger partial charge on any atom is -0.357 e. The van der Waals surface area contributed by atoms with Gasteiger partial charge in [0.05, 0.1) is 5.56 Å². The van der Waals surface area contributed by atoms with Gasteiger partial charge in [0.1, 0.15) is 5.82 Å². The second-order valence-electron chi connectivity index (χ2n) is 5.52. The number of hydrogen-bond acceptors (Lipinski definition) is 4. The van der Waals surface area contributed by atoms with Crippen LogP contribution in [0, 0.1) is 0 Å². The summed E-state index contributed by atoms with van der Waals surface area (Å²) in [6.07, 6.45) is 7.70. The molecule has 1 saturated heterocycles. The molecule has 5 nitrogen and oxygen atoms in total. The molecule has 0 unspecified atom stereocenters. The van der Waals surface area contributed by atoms with Gasteiger partial charge in [-0.1, -0.05) is 12.8 Å². The fraction of sp³-hybridized carbons (Fsp3) is 0.625. The molecule has 0 aromatic carbocycles. The summed E-state index contributed by atoms with van der Waals surface area (Å²) in [6, 6.07) is 3.84. The maximum Gasteiger partial charge on any atom is 0.252 e. The van der Waals surface area contributed by atoms with Crippen molar-refractivity contribution in [3.05, 3.63) is 23.9 Å². The molecule has 0 bridgehead atoms. The van der Waals surface area contributed by atoms with Crippen LogP contribution in [0.25, 0.3) is 0 Å². The maximum absolute atomic E-state index is 12.0. The number of amides is 1. The predicted molar refractivity (Wildman–Crippen MR) is 85.8 cm³/mol. The van der Waals surface area contributed by atoms with Crippen molar-refractivity contribution in [2.45, 2.75) is 32.1 Å². The van der Waals surface area contributed by atoms with E-state index in [4.69, 9.17) is 0 Å². The molecule has 1 aliphatic rings. The third-order valence-corrected chi connectivity index (χ3v) is 3.83. The van der Waals surface area contributed by atoms with E-state index in [0.29, 0.717) is 12.1 Å². The molecule has 1 aromatic rings. The molecule has 21 heavy (non-hydrogen) atoms. The van der Waals surface area contributed by atoms with Crippen molar-refractivity contribution in [3.63, 3.8) is 0 Å². The number of nitrogens with one attached hydrogen (secondary N) is 2. The van der Waals surface area contributed by atoms with Gasteiger partial charge in [0.15, 0.2) is 0 Å². The van der Waals surface area contributed by atoms with Crippen molar-refractivity contribution in [2.75, 3.05) is 38.1 Å². The van der Waals surface area contributed by atoms with Crippen molar-refractivity contribution in [1.82, 2.24) is 15.6 Å². The number of rotatable bonds is 6. The predicted octanol–water partition coefficient (Wildman–Crippen LogP) is 1.80. The third-order valence-electron chi connectivity index (χ3n) is 3.83. The lowest BCUT2D eigenvalue weighted by molar-refractivity contribution is 0.0953. The minimum absolute atomic E-state index is 0.0407. The van der Waals surface area contributed by atoms with E-state index in [1.54, 1.807) is 6.20 Å². The van der Waals surface area contributed by atoms with E-state index in [2.05, 4.69) is 20.5 Å². The number of anilines is 1. The van der Waals surface area contributed by atoms with Gasteiger partial charge in [-0.3, -0.25) is 4.79 Å². The Hall–Kier alpha value is -1.62. The number of hydrogen-bond donors (Lipinski definition) is 2. The molecule has 0 radical (unpaired) electrons. The van der Waals surface area contributed by atoms with Gasteiger partial charge in [0.2, 0.25) is 0 Å². The quantitative estimate of drug-likeness (QED) is 0.785. The normalized spacial score (nSPS) is 15.6. The molecule has 0 atom stereocenters. The monoisotopic (exact) mass is 290 g/mol. The van der Waals surface area contributed by atoms with E-state index in [9.17, 15) is 4.79 Å². The first kappa shape index (κ1) is 15.8. The number of nitrogens with zero attached hydrogens (tertiary/aromatic N) is 2. The Morgan fingerprint density at radius 2 is 1.95 bits per heavy atom. The number of carbonyl (C=O) groups is 1. The molecule has 1 fully saturated rings. The molecule has 116 valence electrons. The standard InChI is InChI=1S/C16H26N4O/c1-17-9-6-10-18-16(21)14-7-8-15(19-13-14)20-11-4-2-3-5-12-20/h7-8,13,17H,2-6,9-12H2,1H3,(H,18,21). The van der Waals surface area contributed by atoms with Gasteiger partial charge in [-0.15, -0.1) is 0 Å². The smallest absolute Gasteiger partial charge is 0.252 e. The highest BCUT2D eigenvalue weighted by molar-refractivity contribution is 5.94. The first-order chi connectivity index (χ1) is 10.3. The number of carbonyl (C=O) groups excluding carboxylic acids is 1. The summed E-state index contributed by atoms with van der Waals surface area (Å²) in [5.74, 6) is 0.949. The van der Waals surface area contributed by atoms with Crippen LogP contribution in [0.4, 0.5) is 5.82 Å². The molecule has 5 heteroatoms. The van der Waals surface area contributed by atoms with Crippen LogP contribution in [0.15, 0.2) is 18.3 Å². The highest BCUT2D eigenvalue weighted by Crippen LogP contribution is 2.17. The van der Waals surface area contributed by atoms with E-state index in [0.717, 1.165) is 31.9 Å². The molecule has 2 heterocycles. The Morgan fingerprint density at radius 3 is 2.57 bits per heavy atom. The van der Waals surface area contributed by atoms with Crippen LogP contribution in [0.2, 0.25) is 0 Å². The molecular weight excluding hydrogens is 264 g/mol. The van der Waals surface area contributed by atoms with Crippen molar-refractivity contribution >= 4 is 11.7 Å². The Morgan fingerprint density at radius 1 is 1.19 bits per heavy atom. The zero-order valence-corrected chi connectivity index (χ0v) is 12.9. The van der Waals surface area contributed by atoms with Gasteiger partial charge >= 0.3 is 0 Å². The Kier molecular flexibility index (Phi) is 6.47. The zero-order chi connectivity index (χ0) is 14.9. The van der Waals surface area contributed by atoms with Crippen molar-refractivity contribution in [3.8, 4) is 0 Å². The van der Waals surface area contributed by atoms with E-state index in [1.807, 2.05) is 19.2 Å². The molecule has 0 saturated carbocycles. The van der Waals surface area contributed by atoms with E-state index in [1.165, 1.54) is 25.7 Å². The summed E-state index contributed by atoms with van der Waals surface area (Å²) in [7, 11) is 1.91. The molecule has 2 rings (SSSR count). The SMILES string of the molecule is CNCCCNC(=O)c1ccc(N2CCCCCC2)nc1. The van der Waals surface area contributed by atoms with Crippen LogP contribution >= 0.6 is 0 Å². The van der Waals surface area contributed by atoms with Gasteiger partial charge < -0.3 is 15.5 Å². The molecule has 2 N–H and O–H groups in total. The molecule has 0 spiro atoms. The summed E-state index contributed by atoms with van der Waals surface area (Å²) in [5.41, 5.74) is 0.637. The fourth-order valence-corrected chi connectivity index (χ4v) is 2.58. The van der Waals surface area contributed by atoms with Gasteiger partial charge in [-0.2, -0.15) is 0 Å². The van der Waals surface area contributed by atoms with E-state index >= 15 is 0 Å². The molecule has 1 aromatic heterocycles. The summed E-state index contributed by atoms with van der Waals surface area (Å²) >= 11 is 0.